The summed E-state index contributed by atoms with van der Waals surface area (Å²) in [6.07, 6.45) is 0.955. The lowest BCUT2D eigenvalue weighted by molar-refractivity contribution is 0.195. The van der Waals surface area contributed by atoms with Gasteiger partial charge in [0, 0.05) is 32.4 Å². The molecule has 0 spiro atoms. The van der Waals surface area contributed by atoms with Gasteiger partial charge in [-0.3, -0.25) is 0 Å². The van der Waals surface area contributed by atoms with Crippen molar-refractivity contribution in [1.29, 1.82) is 0 Å². The van der Waals surface area contributed by atoms with Gasteiger partial charge in [-0.2, -0.15) is 0 Å². The van der Waals surface area contributed by atoms with Gasteiger partial charge >= 0.3 is 0 Å². The summed E-state index contributed by atoms with van der Waals surface area (Å²) >= 11 is 0. The molecule has 0 unspecified atom stereocenters. The van der Waals surface area contributed by atoms with E-state index in [2.05, 4.69) is 22.5 Å². The van der Waals surface area contributed by atoms with Crippen LogP contribution in [0.2, 0.25) is 0 Å². The average molecular weight is 421 g/mol. The Hall–Kier alpha value is -1.02. The van der Waals surface area contributed by atoms with Crippen LogP contribution in [0.5, 0.6) is 5.75 Å². The number of nitrogens with zero attached hydrogens (tertiary/aromatic N) is 1. The molecule has 0 fully saturated rings. The van der Waals surface area contributed by atoms with Gasteiger partial charge in [-0.1, -0.05) is 18.2 Å². The molecule has 0 aliphatic heterocycles. The Kier molecular flexibility index (Phi) is 13.0. The molecule has 1 aromatic rings. The Morgan fingerprint density at radius 1 is 1.18 bits per heavy atom. The zero-order chi connectivity index (χ0) is 15.3. The molecule has 0 radical (unpaired) electrons. The topological polar surface area (TPSA) is 54.9 Å². The SMILES string of the molecule is CCNC(=NCc1ccccc1OCC)NCCCOC.I. The molecule has 0 saturated carbocycles. The second-order valence-corrected chi connectivity index (χ2v) is 4.51. The van der Waals surface area contributed by atoms with E-state index in [9.17, 15) is 0 Å². The number of hydrogen-bond donors (Lipinski definition) is 2. The fraction of sp³-hybridized carbons (Fsp3) is 0.562. The average Bonchev–Trinajstić information content (AvgIpc) is 2.50. The van der Waals surface area contributed by atoms with Crippen molar-refractivity contribution in [2.45, 2.75) is 26.8 Å². The maximum Gasteiger partial charge on any atom is 0.191 e. The molecule has 0 heterocycles. The van der Waals surface area contributed by atoms with E-state index in [4.69, 9.17) is 9.47 Å². The Morgan fingerprint density at radius 3 is 2.64 bits per heavy atom. The van der Waals surface area contributed by atoms with Crippen molar-refractivity contribution in [1.82, 2.24) is 10.6 Å². The lowest BCUT2D eigenvalue weighted by Gasteiger charge is -2.12. The largest absolute Gasteiger partial charge is 0.494 e. The van der Waals surface area contributed by atoms with Crippen LogP contribution in [-0.2, 0) is 11.3 Å². The standard InChI is InChI=1S/C16H27N3O2.HI/c1-4-17-16(18-11-8-12-20-3)19-13-14-9-6-7-10-15(14)21-5-2;/h6-7,9-10H,4-5,8,11-13H2,1-3H3,(H2,17,18,19);1H. The van der Waals surface area contributed by atoms with Crippen molar-refractivity contribution < 1.29 is 9.47 Å². The smallest absolute Gasteiger partial charge is 0.191 e. The first-order valence-electron chi connectivity index (χ1n) is 7.53. The van der Waals surface area contributed by atoms with Gasteiger partial charge in [0.25, 0.3) is 0 Å². The third-order valence-corrected chi connectivity index (χ3v) is 2.84. The maximum atomic E-state index is 5.62. The molecule has 0 bridgehead atoms. The molecule has 6 heteroatoms. The van der Waals surface area contributed by atoms with Gasteiger partial charge in [0.05, 0.1) is 13.2 Å². The zero-order valence-electron chi connectivity index (χ0n) is 13.7. The number of halogens is 1. The van der Waals surface area contributed by atoms with Gasteiger partial charge in [0.2, 0.25) is 0 Å². The molecule has 1 aromatic carbocycles. The minimum Gasteiger partial charge on any atom is -0.494 e. The van der Waals surface area contributed by atoms with Gasteiger partial charge in [-0.05, 0) is 26.3 Å². The van der Waals surface area contributed by atoms with Crippen LogP contribution in [0.4, 0.5) is 0 Å². The molecule has 0 atom stereocenters. The lowest BCUT2D eigenvalue weighted by atomic mass is 10.2. The maximum absolute atomic E-state index is 5.62. The van der Waals surface area contributed by atoms with Crippen LogP contribution in [-0.4, -0.2) is 39.4 Å². The molecule has 126 valence electrons. The number of ether oxygens (including phenoxy) is 2. The quantitative estimate of drug-likeness (QED) is 0.279. The highest BCUT2D eigenvalue weighted by atomic mass is 127. The summed E-state index contributed by atoms with van der Waals surface area (Å²) in [5.74, 6) is 1.72. The van der Waals surface area contributed by atoms with E-state index >= 15 is 0 Å². The van der Waals surface area contributed by atoms with Crippen LogP contribution >= 0.6 is 24.0 Å². The van der Waals surface area contributed by atoms with Crippen molar-refractivity contribution in [3.8, 4) is 5.75 Å². The van der Waals surface area contributed by atoms with Crippen molar-refractivity contribution in [3.05, 3.63) is 29.8 Å². The van der Waals surface area contributed by atoms with E-state index in [0.29, 0.717) is 13.2 Å². The summed E-state index contributed by atoms with van der Waals surface area (Å²) in [5.41, 5.74) is 1.09. The van der Waals surface area contributed by atoms with Crippen molar-refractivity contribution >= 4 is 29.9 Å². The van der Waals surface area contributed by atoms with Crippen LogP contribution in [0.25, 0.3) is 0 Å². The molecule has 22 heavy (non-hydrogen) atoms. The molecule has 0 saturated heterocycles. The molecule has 0 aliphatic rings. The van der Waals surface area contributed by atoms with E-state index in [1.165, 1.54) is 0 Å². The second-order valence-electron chi connectivity index (χ2n) is 4.51. The number of hydrogen-bond acceptors (Lipinski definition) is 3. The number of benzene rings is 1. The van der Waals surface area contributed by atoms with Gasteiger partial charge in [0.15, 0.2) is 5.96 Å². The minimum absolute atomic E-state index is 0. The molecule has 0 aliphatic carbocycles. The number of methoxy groups -OCH3 is 1. The van der Waals surface area contributed by atoms with Crippen molar-refractivity contribution in [3.63, 3.8) is 0 Å². The van der Waals surface area contributed by atoms with E-state index in [-0.39, 0.29) is 24.0 Å². The number of guanidine groups is 1. The van der Waals surface area contributed by atoms with E-state index in [0.717, 1.165) is 43.4 Å². The molecule has 2 N–H and O–H groups in total. The molecule has 0 aromatic heterocycles. The predicted molar refractivity (Wildman–Crippen MR) is 102 cm³/mol. The summed E-state index contributed by atoms with van der Waals surface area (Å²) in [6.45, 7) is 7.73. The summed E-state index contributed by atoms with van der Waals surface area (Å²) in [5, 5.41) is 6.53. The third-order valence-electron chi connectivity index (χ3n) is 2.84. The molecule has 5 nitrogen and oxygen atoms in total. The van der Waals surface area contributed by atoms with Crippen LogP contribution in [0, 0.1) is 0 Å². The summed E-state index contributed by atoms with van der Waals surface area (Å²) in [6, 6.07) is 8.01. The Bertz CT molecular complexity index is 428. The Morgan fingerprint density at radius 2 is 1.95 bits per heavy atom. The fourth-order valence-corrected chi connectivity index (χ4v) is 1.86. The number of nitrogens with one attached hydrogen (secondary N) is 2. The lowest BCUT2D eigenvalue weighted by Crippen LogP contribution is -2.38. The third kappa shape index (κ3) is 8.43. The van der Waals surface area contributed by atoms with Gasteiger partial charge in [0.1, 0.15) is 5.75 Å². The molecule has 1 rings (SSSR count). The van der Waals surface area contributed by atoms with Gasteiger partial charge in [-0.25, -0.2) is 4.99 Å². The highest BCUT2D eigenvalue weighted by Gasteiger charge is 2.02. The van der Waals surface area contributed by atoms with Crippen molar-refractivity contribution in [2.75, 3.05) is 33.4 Å². The van der Waals surface area contributed by atoms with E-state index in [1.807, 2.05) is 31.2 Å². The molecular formula is C16H28IN3O2. The van der Waals surface area contributed by atoms with Gasteiger partial charge in [-0.15, -0.1) is 24.0 Å². The van der Waals surface area contributed by atoms with Gasteiger partial charge < -0.3 is 20.1 Å². The highest BCUT2D eigenvalue weighted by molar-refractivity contribution is 14.0. The normalized spacial score (nSPS) is 10.8. The Labute approximate surface area is 150 Å². The molecular weight excluding hydrogens is 393 g/mol. The second kappa shape index (κ2) is 13.6. The van der Waals surface area contributed by atoms with Crippen molar-refractivity contribution in [2.24, 2.45) is 4.99 Å². The molecule has 0 amide bonds. The van der Waals surface area contributed by atoms with Crippen LogP contribution < -0.4 is 15.4 Å². The Balaban J connectivity index is 0.00000441. The first kappa shape index (κ1) is 21.0. The van der Waals surface area contributed by atoms with E-state index < -0.39 is 0 Å². The minimum atomic E-state index is 0. The fourth-order valence-electron chi connectivity index (χ4n) is 1.86. The summed E-state index contributed by atoms with van der Waals surface area (Å²) in [4.78, 5) is 4.60. The summed E-state index contributed by atoms with van der Waals surface area (Å²) in [7, 11) is 1.71. The first-order chi connectivity index (χ1) is 10.3. The zero-order valence-corrected chi connectivity index (χ0v) is 16.1. The van der Waals surface area contributed by atoms with Crippen LogP contribution in [0.3, 0.4) is 0 Å². The number of para-hydroxylation sites is 1. The summed E-state index contributed by atoms with van der Waals surface area (Å²) < 4.78 is 10.7. The number of aliphatic imine (C=N–C) groups is 1. The van der Waals surface area contributed by atoms with E-state index in [1.54, 1.807) is 7.11 Å². The monoisotopic (exact) mass is 421 g/mol. The van der Waals surface area contributed by atoms with Crippen LogP contribution in [0.1, 0.15) is 25.8 Å². The predicted octanol–water partition coefficient (Wildman–Crippen LogP) is 2.79. The number of rotatable bonds is 9. The first-order valence-corrected chi connectivity index (χ1v) is 7.53. The highest BCUT2D eigenvalue weighted by Crippen LogP contribution is 2.18. The van der Waals surface area contributed by atoms with Crippen LogP contribution in [0.15, 0.2) is 29.3 Å².